The van der Waals surface area contributed by atoms with Crippen molar-refractivity contribution in [2.45, 2.75) is 98.8 Å². The lowest BCUT2D eigenvalue weighted by Gasteiger charge is -2.27. The highest BCUT2D eigenvalue weighted by Gasteiger charge is 2.22. The van der Waals surface area contributed by atoms with Crippen LogP contribution in [-0.4, -0.2) is 0 Å². The summed E-state index contributed by atoms with van der Waals surface area (Å²) in [6.07, 6.45) is 0. The third-order valence-electron chi connectivity index (χ3n) is 5.90. The van der Waals surface area contributed by atoms with Gasteiger partial charge in [0.05, 0.1) is 0 Å². The van der Waals surface area contributed by atoms with Crippen molar-refractivity contribution >= 4 is 0 Å². The number of benzene rings is 2. The Hall–Kier alpha value is -1.56. The highest BCUT2D eigenvalue weighted by molar-refractivity contribution is 5.49. The minimum absolute atomic E-state index is 0.415. The molecule has 0 radical (unpaired) electrons. The SMILES string of the molecule is Cc1cc(C(C)C)cc(C(C)c2c(C(C)C)cc(C(C)C)cc2C(C)C)c1. The largest absolute Gasteiger partial charge is 0.0587 e. The molecule has 0 heteroatoms. The highest BCUT2D eigenvalue weighted by Crippen LogP contribution is 2.39. The summed E-state index contributed by atoms with van der Waals surface area (Å²) < 4.78 is 0. The summed E-state index contributed by atoms with van der Waals surface area (Å²) in [5.41, 5.74) is 10.4. The minimum atomic E-state index is 0.415. The van der Waals surface area contributed by atoms with Gasteiger partial charge in [-0.3, -0.25) is 0 Å². The first-order chi connectivity index (χ1) is 12.5. The normalized spacial score (nSPS) is 13.3. The minimum Gasteiger partial charge on any atom is -0.0587 e. The zero-order valence-corrected chi connectivity index (χ0v) is 19.3. The van der Waals surface area contributed by atoms with E-state index in [0.29, 0.717) is 29.6 Å². The predicted octanol–water partition coefficient (Wildman–Crippen LogP) is 8.64. The second-order valence-corrected chi connectivity index (χ2v) is 9.63. The van der Waals surface area contributed by atoms with Gasteiger partial charge in [0.15, 0.2) is 0 Å². The van der Waals surface area contributed by atoms with Gasteiger partial charge in [-0.15, -0.1) is 0 Å². The van der Waals surface area contributed by atoms with Gasteiger partial charge in [0.1, 0.15) is 0 Å². The molecule has 0 aliphatic rings. The fourth-order valence-corrected chi connectivity index (χ4v) is 4.10. The Morgan fingerprint density at radius 1 is 0.481 bits per heavy atom. The summed E-state index contributed by atoms with van der Waals surface area (Å²) in [7, 11) is 0. The Bertz CT molecular complexity index is 746. The summed E-state index contributed by atoms with van der Waals surface area (Å²) in [6.45, 7) is 23.2. The van der Waals surface area contributed by atoms with Crippen molar-refractivity contribution < 1.29 is 0 Å². The maximum atomic E-state index is 2.48. The molecule has 0 heterocycles. The van der Waals surface area contributed by atoms with Crippen LogP contribution in [0.2, 0.25) is 0 Å². The molecule has 0 fully saturated rings. The molecule has 0 amide bonds. The molecule has 0 spiro atoms. The molecule has 0 bridgehead atoms. The first-order valence-electron chi connectivity index (χ1n) is 10.8. The van der Waals surface area contributed by atoms with Gasteiger partial charge in [-0.25, -0.2) is 0 Å². The van der Waals surface area contributed by atoms with Crippen molar-refractivity contribution in [3.8, 4) is 0 Å². The number of hydrogen-bond donors (Lipinski definition) is 0. The molecule has 0 aliphatic heterocycles. The molecule has 0 nitrogen and oxygen atoms in total. The van der Waals surface area contributed by atoms with Gasteiger partial charge in [0.25, 0.3) is 0 Å². The van der Waals surface area contributed by atoms with Crippen LogP contribution in [0.3, 0.4) is 0 Å². The average molecular weight is 365 g/mol. The topological polar surface area (TPSA) is 0 Å². The van der Waals surface area contributed by atoms with E-state index in [1.54, 1.807) is 5.56 Å². The molecule has 0 saturated heterocycles. The summed E-state index contributed by atoms with van der Waals surface area (Å²) >= 11 is 0. The number of hydrogen-bond acceptors (Lipinski definition) is 0. The van der Waals surface area contributed by atoms with Crippen molar-refractivity contribution in [2.75, 3.05) is 0 Å². The van der Waals surface area contributed by atoms with Crippen LogP contribution in [0.15, 0.2) is 30.3 Å². The van der Waals surface area contributed by atoms with E-state index >= 15 is 0 Å². The van der Waals surface area contributed by atoms with Gasteiger partial charge >= 0.3 is 0 Å². The van der Waals surface area contributed by atoms with Gasteiger partial charge in [-0.2, -0.15) is 0 Å². The second-order valence-electron chi connectivity index (χ2n) is 9.63. The molecular weight excluding hydrogens is 324 g/mol. The Labute approximate surface area is 168 Å². The maximum Gasteiger partial charge on any atom is 0.00668 e. The number of aryl methyl sites for hydroxylation is 1. The second kappa shape index (κ2) is 8.63. The van der Waals surface area contributed by atoms with E-state index in [-0.39, 0.29) is 0 Å². The van der Waals surface area contributed by atoms with Crippen LogP contribution in [-0.2, 0) is 0 Å². The van der Waals surface area contributed by atoms with Gasteiger partial charge in [-0.1, -0.05) is 98.2 Å². The lowest BCUT2D eigenvalue weighted by Crippen LogP contribution is -2.11. The monoisotopic (exact) mass is 364 g/mol. The van der Waals surface area contributed by atoms with Crippen LogP contribution in [0.5, 0.6) is 0 Å². The van der Waals surface area contributed by atoms with Crippen molar-refractivity contribution in [2.24, 2.45) is 0 Å². The Morgan fingerprint density at radius 3 is 1.30 bits per heavy atom. The van der Waals surface area contributed by atoms with Crippen molar-refractivity contribution in [3.63, 3.8) is 0 Å². The molecule has 0 saturated carbocycles. The quantitative estimate of drug-likeness (QED) is 0.481. The summed E-state index contributed by atoms with van der Waals surface area (Å²) in [5, 5.41) is 0. The van der Waals surface area contributed by atoms with Gasteiger partial charge < -0.3 is 0 Å². The lowest BCUT2D eigenvalue weighted by molar-refractivity contribution is 0.750. The predicted molar refractivity (Wildman–Crippen MR) is 121 cm³/mol. The van der Waals surface area contributed by atoms with Crippen molar-refractivity contribution in [1.29, 1.82) is 0 Å². The van der Waals surface area contributed by atoms with E-state index in [2.05, 4.69) is 99.6 Å². The molecule has 2 aromatic rings. The Morgan fingerprint density at radius 2 is 0.889 bits per heavy atom. The summed E-state index contributed by atoms with van der Waals surface area (Å²) in [6, 6.07) is 12.1. The third kappa shape index (κ3) is 4.84. The summed E-state index contributed by atoms with van der Waals surface area (Å²) in [5.74, 6) is 2.61. The first kappa shape index (κ1) is 21.7. The molecular formula is C27H40. The van der Waals surface area contributed by atoms with Gasteiger partial charge in [0.2, 0.25) is 0 Å². The molecule has 1 unspecified atom stereocenters. The van der Waals surface area contributed by atoms with Crippen molar-refractivity contribution in [1.82, 2.24) is 0 Å². The first-order valence-corrected chi connectivity index (χ1v) is 10.8. The fourth-order valence-electron chi connectivity index (χ4n) is 4.10. The molecule has 27 heavy (non-hydrogen) atoms. The standard InChI is InChI=1S/C27H40/c1-16(2)22-11-20(9)12-24(13-22)21(10)27-25(18(5)6)14-23(17(3)4)15-26(27)19(7)8/h11-19,21H,1-10H3. The zero-order valence-electron chi connectivity index (χ0n) is 19.3. The Balaban J connectivity index is 2.72. The third-order valence-corrected chi connectivity index (χ3v) is 5.90. The molecule has 148 valence electrons. The van der Waals surface area contributed by atoms with Gasteiger partial charge in [0, 0.05) is 5.92 Å². The molecule has 0 aliphatic carbocycles. The maximum absolute atomic E-state index is 2.48. The Kier molecular flexibility index (Phi) is 6.95. The summed E-state index contributed by atoms with van der Waals surface area (Å²) in [4.78, 5) is 0. The highest BCUT2D eigenvalue weighted by atomic mass is 14.3. The number of rotatable bonds is 6. The van der Waals surface area contributed by atoms with Crippen LogP contribution in [0.25, 0.3) is 0 Å². The van der Waals surface area contributed by atoms with Crippen molar-refractivity contribution in [3.05, 3.63) is 69.3 Å². The lowest BCUT2D eigenvalue weighted by atomic mass is 9.77. The van der Waals surface area contributed by atoms with Crippen LogP contribution in [0, 0.1) is 6.92 Å². The zero-order chi connectivity index (χ0) is 20.5. The van der Waals surface area contributed by atoms with E-state index < -0.39 is 0 Å². The fraction of sp³-hybridized carbons (Fsp3) is 0.556. The van der Waals surface area contributed by atoms with Crippen LogP contribution in [0.1, 0.15) is 131 Å². The molecule has 2 rings (SSSR count). The van der Waals surface area contributed by atoms with E-state index in [1.165, 1.54) is 33.4 Å². The molecule has 2 aromatic carbocycles. The van der Waals surface area contributed by atoms with E-state index in [9.17, 15) is 0 Å². The van der Waals surface area contributed by atoms with E-state index in [1.807, 2.05) is 0 Å². The van der Waals surface area contributed by atoms with Gasteiger partial charge in [-0.05, 0) is 64.0 Å². The van der Waals surface area contributed by atoms with E-state index in [0.717, 1.165) is 0 Å². The van der Waals surface area contributed by atoms with Crippen LogP contribution in [0.4, 0.5) is 0 Å². The van der Waals surface area contributed by atoms with E-state index in [4.69, 9.17) is 0 Å². The smallest absolute Gasteiger partial charge is 0.00668 e. The molecule has 0 aromatic heterocycles. The average Bonchev–Trinajstić information content (AvgIpc) is 2.58. The molecule has 1 atom stereocenters. The van der Waals surface area contributed by atoms with Crippen LogP contribution < -0.4 is 0 Å². The van der Waals surface area contributed by atoms with Crippen LogP contribution >= 0.6 is 0 Å². The molecule has 0 N–H and O–H groups in total.